The molecule has 0 aromatic rings. The Bertz CT molecular complexity index is 1940. The van der Waals surface area contributed by atoms with E-state index in [0.29, 0.717) is 19.3 Å². The van der Waals surface area contributed by atoms with Gasteiger partial charge in [-0.1, -0.05) is 48.5 Å². The summed E-state index contributed by atoms with van der Waals surface area (Å²) in [6.45, 7) is 12.7. The minimum absolute atomic E-state index is 0.00368. The fourth-order valence-corrected chi connectivity index (χ4v) is 10.3. The van der Waals surface area contributed by atoms with Gasteiger partial charge in [0.15, 0.2) is 17.7 Å². The first kappa shape index (κ1) is 55.4. The van der Waals surface area contributed by atoms with Crippen molar-refractivity contribution < 1.29 is 73.2 Å². The summed E-state index contributed by atoms with van der Waals surface area (Å²) >= 11 is 0. The molecule has 11 atom stereocenters. The first-order valence-corrected chi connectivity index (χ1v) is 24.3. The summed E-state index contributed by atoms with van der Waals surface area (Å²) in [6.07, 6.45) is -0.381. The average Bonchev–Trinajstić information content (AvgIpc) is 3.64. The Morgan fingerprint density at radius 2 is 1.51 bits per heavy atom. The number of hydroxylamine groups is 4. The van der Waals surface area contributed by atoms with Crippen LogP contribution in [0.25, 0.3) is 0 Å². The van der Waals surface area contributed by atoms with E-state index in [9.17, 15) is 54.2 Å². The Labute approximate surface area is 402 Å². The summed E-state index contributed by atoms with van der Waals surface area (Å²) in [4.78, 5) is 116. The van der Waals surface area contributed by atoms with Crippen LogP contribution in [-0.2, 0) is 52.6 Å². The van der Waals surface area contributed by atoms with Crippen molar-refractivity contribution in [2.45, 2.75) is 180 Å². The molecule has 69 heavy (non-hydrogen) atoms. The van der Waals surface area contributed by atoms with Crippen LogP contribution in [0.3, 0.4) is 0 Å². The minimum Gasteiger partial charge on any atom is -0.458 e. The van der Waals surface area contributed by atoms with Crippen LogP contribution in [0.1, 0.15) is 120 Å². The second-order valence-corrected chi connectivity index (χ2v) is 20.5. The molecule has 0 aromatic heterocycles. The summed E-state index contributed by atoms with van der Waals surface area (Å²) in [5, 5.41) is 51.6. The predicted octanol–water partition coefficient (Wildman–Crippen LogP) is -0.944. The third kappa shape index (κ3) is 11.5. The molecule has 0 aromatic carbocycles. The number of hydrogen-bond donors (Lipinski definition) is 8. The molecule has 5 aliphatic heterocycles. The maximum atomic E-state index is 15.1. The molecule has 0 saturated carbocycles. The number of cyclic esters (lactones) is 1. The standard InChI is InChI=1S/C45H75N9O15/c1-10-30-27(21-24(2)3)15-16-45(64,68-30)44(9,63)42(62)49-33-35(26(6)7)67-41(61)34(25(4)5)54(66)40(60)36-43(8,69-32(56)22-46)17-20-50(36)37(57)28-13-11-18-47-52(28)31(55)23-51(65)38(58)29-14-12-19-48-53(29)39(33)59/h24-30,33-36,47-48,63-66H,10-23,46H2,1-9H3,(H,49,62). The molecular formula is C45H75N9O15. The van der Waals surface area contributed by atoms with Crippen molar-refractivity contribution in [3.8, 4) is 0 Å². The molecule has 0 bridgehead atoms. The van der Waals surface area contributed by atoms with Gasteiger partial charge in [-0.25, -0.2) is 25.8 Å². The molecule has 6 amide bonds. The van der Waals surface area contributed by atoms with Crippen LogP contribution in [-0.4, -0.2) is 185 Å². The van der Waals surface area contributed by atoms with E-state index in [0.717, 1.165) is 28.3 Å². The molecule has 0 spiro atoms. The van der Waals surface area contributed by atoms with Crippen LogP contribution < -0.4 is 21.9 Å². The molecule has 11 unspecified atom stereocenters. The van der Waals surface area contributed by atoms with Gasteiger partial charge in [0, 0.05) is 32.5 Å². The molecule has 9 N–H and O–H groups in total. The van der Waals surface area contributed by atoms with E-state index in [1.807, 2.05) is 20.8 Å². The monoisotopic (exact) mass is 982 g/mol. The highest BCUT2D eigenvalue weighted by Gasteiger charge is 2.59. The van der Waals surface area contributed by atoms with E-state index >= 15 is 4.79 Å². The van der Waals surface area contributed by atoms with E-state index in [2.05, 4.69) is 16.2 Å². The number of fused-ring (bicyclic) bond motifs is 3. The molecule has 0 aliphatic carbocycles. The number of nitrogens with two attached hydrogens (primary N) is 1. The van der Waals surface area contributed by atoms with Crippen LogP contribution in [0.4, 0.5) is 0 Å². The van der Waals surface area contributed by atoms with Gasteiger partial charge in [-0.05, 0) is 82.5 Å². The highest BCUT2D eigenvalue weighted by molar-refractivity contribution is 5.97. The number of rotatable bonds is 10. The normalized spacial score (nSPS) is 33.6. The van der Waals surface area contributed by atoms with Crippen molar-refractivity contribution in [1.82, 2.24) is 41.2 Å². The van der Waals surface area contributed by atoms with Crippen LogP contribution in [0.5, 0.6) is 0 Å². The number of ether oxygens (including phenoxy) is 3. The smallest absolute Gasteiger partial charge is 0.332 e. The van der Waals surface area contributed by atoms with Crippen molar-refractivity contribution in [2.24, 2.45) is 29.4 Å². The predicted molar refractivity (Wildman–Crippen MR) is 240 cm³/mol. The molecule has 0 radical (unpaired) electrons. The Morgan fingerprint density at radius 3 is 2.07 bits per heavy atom. The third-order valence-electron chi connectivity index (χ3n) is 14.1. The maximum absolute atomic E-state index is 15.1. The molecule has 390 valence electrons. The topological polar surface area (TPSA) is 323 Å². The van der Waals surface area contributed by atoms with Crippen molar-refractivity contribution in [2.75, 3.05) is 32.7 Å². The van der Waals surface area contributed by atoms with Crippen LogP contribution in [0.2, 0.25) is 0 Å². The minimum atomic E-state index is -2.76. The number of carbonyl (C=O) groups is 8. The molecule has 5 heterocycles. The molecular weight excluding hydrogens is 907 g/mol. The van der Waals surface area contributed by atoms with Gasteiger partial charge in [0.1, 0.15) is 36.4 Å². The Balaban J connectivity index is 1.63. The number of amides is 6. The van der Waals surface area contributed by atoms with Crippen LogP contribution in [0, 0.1) is 23.7 Å². The largest absolute Gasteiger partial charge is 0.458 e. The SMILES string of the molecule is CCC1OC(O)(C(C)(O)C(=O)NC2C(=O)N3NCCCC3C(=O)N(O)CC(=O)N3NCCCC3C(=O)N3CCC(C)(OC(=O)CN)C3C(=O)N(O)C(C(C)C)C(=O)OC2C(C)C)CCC1CC(C)C. The quantitative estimate of drug-likeness (QED) is 0.0967. The van der Waals surface area contributed by atoms with Gasteiger partial charge < -0.3 is 40.4 Å². The van der Waals surface area contributed by atoms with Crippen molar-refractivity contribution in [1.29, 1.82) is 0 Å². The summed E-state index contributed by atoms with van der Waals surface area (Å²) < 4.78 is 17.9. The number of nitrogens with zero attached hydrogens (tertiary/aromatic N) is 5. The summed E-state index contributed by atoms with van der Waals surface area (Å²) in [7, 11) is 0. The molecule has 24 heteroatoms. The van der Waals surface area contributed by atoms with E-state index in [1.54, 1.807) is 0 Å². The lowest BCUT2D eigenvalue weighted by Gasteiger charge is -2.48. The number of carbonyl (C=O) groups excluding carboxylic acids is 8. The second kappa shape index (κ2) is 22.2. The van der Waals surface area contributed by atoms with E-state index < -0.39 is 132 Å². The molecule has 5 saturated heterocycles. The van der Waals surface area contributed by atoms with Gasteiger partial charge in [0.25, 0.3) is 29.5 Å². The van der Waals surface area contributed by atoms with E-state index in [1.165, 1.54) is 34.6 Å². The number of nitrogens with one attached hydrogen (secondary N) is 3. The van der Waals surface area contributed by atoms with Crippen molar-refractivity contribution in [3.05, 3.63) is 0 Å². The Hall–Kier alpha value is -4.56. The van der Waals surface area contributed by atoms with Crippen LogP contribution in [0.15, 0.2) is 0 Å². The lowest BCUT2D eigenvalue weighted by Crippen LogP contribution is -2.70. The molecule has 5 fully saturated rings. The highest BCUT2D eigenvalue weighted by atomic mass is 16.7. The summed E-state index contributed by atoms with van der Waals surface area (Å²) in [6, 6.07) is -8.57. The van der Waals surface area contributed by atoms with Gasteiger partial charge in [-0.15, -0.1) is 0 Å². The van der Waals surface area contributed by atoms with Gasteiger partial charge in [0.05, 0.1) is 12.6 Å². The molecule has 5 aliphatic rings. The molecule has 5 rings (SSSR count). The number of hydrogen-bond acceptors (Lipinski definition) is 18. The zero-order valence-electron chi connectivity index (χ0n) is 41.3. The number of esters is 2. The summed E-state index contributed by atoms with van der Waals surface area (Å²) in [5.74, 6) is -12.9. The lowest BCUT2D eigenvalue weighted by atomic mass is 9.78. The summed E-state index contributed by atoms with van der Waals surface area (Å²) in [5.41, 5.74) is 6.63. The maximum Gasteiger partial charge on any atom is 0.332 e. The zero-order valence-corrected chi connectivity index (χ0v) is 41.3. The van der Waals surface area contributed by atoms with Gasteiger partial charge in [-0.3, -0.25) is 54.0 Å². The van der Waals surface area contributed by atoms with E-state index in [-0.39, 0.29) is 73.7 Å². The number of aliphatic hydroxyl groups is 2. The highest BCUT2D eigenvalue weighted by Crippen LogP contribution is 2.42. The zero-order chi connectivity index (χ0) is 51.5. The first-order chi connectivity index (χ1) is 32.2. The first-order valence-electron chi connectivity index (χ1n) is 24.3. The Morgan fingerprint density at radius 1 is 0.899 bits per heavy atom. The third-order valence-corrected chi connectivity index (χ3v) is 14.1. The van der Waals surface area contributed by atoms with Gasteiger partial charge >= 0.3 is 11.9 Å². The fourth-order valence-electron chi connectivity index (χ4n) is 10.3. The van der Waals surface area contributed by atoms with Crippen LogP contribution >= 0.6 is 0 Å². The average molecular weight is 982 g/mol. The van der Waals surface area contributed by atoms with Crippen molar-refractivity contribution >= 4 is 47.4 Å². The Kier molecular flexibility index (Phi) is 17.9. The van der Waals surface area contributed by atoms with Crippen molar-refractivity contribution in [3.63, 3.8) is 0 Å². The fraction of sp³-hybridized carbons (Fsp3) is 0.822. The molecule has 24 nitrogen and oxygen atoms in total. The van der Waals surface area contributed by atoms with Gasteiger partial charge in [0.2, 0.25) is 11.7 Å². The second-order valence-electron chi connectivity index (χ2n) is 20.5. The van der Waals surface area contributed by atoms with E-state index in [4.69, 9.17) is 19.9 Å². The van der Waals surface area contributed by atoms with Gasteiger partial charge in [-0.2, -0.15) is 0 Å². The number of hydrazine groups is 2. The lowest BCUT2D eigenvalue weighted by molar-refractivity contribution is -0.329.